The topological polar surface area (TPSA) is 70.2 Å². The molecule has 2 amide bonds. The molecule has 2 aromatic carbocycles. The lowest BCUT2D eigenvalue weighted by Gasteiger charge is -2.11. The van der Waals surface area contributed by atoms with Crippen molar-refractivity contribution in [2.45, 2.75) is 27.7 Å². The van der Waals surface area contributed by atoms with Gasteiger partial charge in [0.2, 0.25) is 11.8 Å². The molecule has 2 rings (SSSR count). The van der Waals surface area contributed by atoms with E-state index in [9.17, 15) is 9.59 Å². The monoisotopic (exact) mass is 339 g/mol. The van der Waals surface area contributed by atoms with E-state index in [1.165, 1.54) is 11.1 Å². The molecule has 0 aliphatic rings. The van der Waals surface area contributed by atoms with Crippen LogP contribution in [0.3, 0.4) is 0 Å². The predicted octanol–water partition coefficient (Wildman–Crippen LogP) is 3.95. The molecule has 0 heterocycles. The van der Waals surface area contributed by atoms with E-state index in [1.54, 1.807) is 24.3 Å². The molecule has 0 bridgehead atoms. The number of aryl methyl sites for hydroxylation is 2. The van der Waals surface area contributed by atoms with Crippen LogP contribution in [0.15, 0.2) is 42.5 Å². The van der Waals surface area contributed by atoms with Crippen molar-refractivity contribution in [3.8, 4) is 0 Å². The summed E-state index contributed by atoms with van der Waals surface area (Å²) in [4.78, 5) is 23.7. The van der Waals surface area contributed by atoms with Crippen LogP contribution in [-0.2, 0) is 9.59 Å². The van der Waals surface area contributed by atoms with Crippen LogP contribution in [0.25, 0.3) is 0 Å². The Balaban J connectivity index is 1.85. The van der Waals surface area contributed by atoms with Crippen molar-refractivity contribution in [3.05, 3.63) is 53.6 Å². The molecular formula is C20H25N3O2. The van der Waals surface area contributed by atoms with Gasteiger partial charge in [-0.25, -0.2) is 0 Å². The largest absolute Gasteiger partial charge is 0.376 e. The number of carbonyl (C=O) groups excluding carboxylic acids is 2. The van der Waals surface area contributed by atoms with Gasteiger partial charge in [0.25, 0.3) is 0 Å². The van der Waals surface area contributed by atoms with E-state index in [0.717, 1.165) is 5.69 Å². The fourth-order valence-corrected chi connectivity index (χ4v) is 2.16. The maximum atomic E-state index is 12.0. The van der Waals surface area contributed by atoms with Gasteiger partial charge < -0.3 is 16.0 Å². The molecule has 3 N–H and O–H groups in total. The molecule has 25 heavy (non-hydrogen) atoms. The molecule has 0 aliphatic carbocycles. The van der Waals surface area contributed by atoms with Crippen molar-refractivity contribution >= 4 is 28.9 Å². The van der Waals surface area contributed by atoms with E-state index < -0.39 is 0 Å². The number of hydrogen-bond donors (Lipinski definition) is 3. The molecule has 0 saturated carbocycles. The quantitative estimate of drug-likeness (QED) is 0.746. The van der Waals surface area contributed by atoms with E-state index in [2.05, 4.69) is 22.9 Å². The highest BCUT2D eigenvalue weighted by Crippen LogP contribution is 2.16. The van der Waals surface area contributed by atoms with Gasteiger partial charge in [-0.1, -0.05) is 19.9 Å². The molecule has 5 nitrogen and oxygen atoms in total. The average Bonchev–Trinajstić information content (AvgIpc) is 2.57. The molecule has 0 unspecified atom stereocenters. The zero-order valence-electron chi connectivity index (χ0n) is 15.1. The van der Waals surface area contributed by atoms with Crippen LogP contribution >= 0.6 is 0 Å². The Morgan fingerprint density at radius 1 is 0.840 bits per heavy atom. The molecule has 2 aromatic rings. The van der Waals surface area contributed by atoms with E-state index in [4.69, 9.17) is 0 Å². The summed E-state index contributed by atoms with van der Waals surface area (Å²) in [5.41, 5.74) is 4.73. The Kier molecular flexibility index (Phi) is 6.17. The Morgan fingerprint density at radius 2 is 1.40 bits per heavy atom. The minimum Gasteiger partial charge on any atom is -0.376 e. The van der Waals surface area contributed by atoms with Crippen molar-refractivity contribution < 1.29 is 9.59 Å². The second-order valence-electron chi connectivity index (χ2n) is 6.42. The third kappa shape index (κ3) is 5.64. The minimum absolute atomic E-state index is 0.0330. The number of benzene rings is 2. The third-order valence-corrected chi connectivity index (χ3v) is 3.92. The predicted molar refractivity (Wildman–Crippen MR) is 103 cm³/mol. The van der Waals surface area contributed by atoms with Gasteiger partial charge in [0.15, 0.2) is 0 Å². The fourth-order valence-electron chi connectivity index (χ4n) is 2.16. The molecule has 0 atom stereocenters. The Labute approximate surface area is 148 Å². The lowest BCUT2D eigenvalue weighted by molar-refractivity contribution is -0.119. The Morgan fingerprint density at radius 3 is 1.96 bits per heavy atom. The maximum Gasteiger partial charge on any atom is 0.243 e. The van der Waals surface area contributed by atoms with Gasteiger partial charge in [-0.3, -0.25) is 9.59 Å². The Hall–Kier alpha value is -2.82. The summed E-state index contributed by atoms with van der Waals surface area (Å²) in [5.74, 6) is -0.234. The molecule has 0 fully saturated rings. The zero-order chi connectivity index (χ0) is 18.4. The minimum atomic E-state index is -0.128. The SMILES string of the molecule is Cc1ccc(NCC(=O)Nc2ccc(NC(=O)C(C)C)cc2)cc1C. The van der Waals surface area contributed by atoms with Crippen LogP contribution in [-0.4, -0.2) is 18.4 Å². The van der Waals surface area contributed by atoms with Crippen molar-refractivity contribution in [1.82, 2.24) is 0 Å². The van der Waals surface area contributed by atoms with E-state index in [1.807, 2.05) is 39.0 Å². The average molecular weight is 339 g/mol. The normalized spacial score (nSPS) is 10.4. The summed E-state index contributed by atoms with van der Waals surface area (Å²) in [6.45, 7) is 7.96. The van der Waals surface area contributed by atoms with Gasteiger partial charge in [0, 0.05) is 23.0 Å². The highest BCUT2D eigenvalue weighted by Gasteiger charge is 2.07. The maximum absolute atomic E-state index is 12.0. The van der Waals surface area contributed by atoms with Gasteiger partial charge in [-0.2, -0.15) is 0 Å². The zero-order valence-corrected chi connectivity index (χ0v) is 15.1. The number of anilines is 3. The van der Waals surface area contributed by atoms with Crippen LogP contribution in [0.1, 0.15) is 25.0 Å². The van der Waals surface area contributed by atoms with Crippen LogP contribution < -0.4 is 16.0 Å². The second-order valence-corrected chi connectivity index (χ2v) is 6.42. The molecule has 132 valence electrons. The standard InChI is InChI=1S/C20H25N3O2/c1-13(2)20(25)23-17-9-7-16(8-10-17)22-19(24)12-21-18-6-5-14(3)15(4)11-18/h5-11,13,21H,12H2,1-4H3,(H,22,24)(H,23,25). The van der Waals surface area contributed by atoms with Gasteiger partial charge >= 0.3 is 0 Å². The van der Waals surface area contributed by atoms with Crippen LogP contribution in [0, 0.1) is 19.8 Å². The van der Waals surface area contributed by atoms with E-state index >= 15 is 0 Å². The summed E-state index contributed by atoms with van der Waals surface area (Å²) in [6, 6.07) is 13.1. The lowest BCUT2D eigenvalue weighted by Crippen LogP contribution is -2.22. The highest BCUT2D eigenvalue weighted by atomic mass is 16.2. The van der Waals surface area contributed by atoms with Crippen molar-refractivity contribution in [3.63, 3.8) is 0 Å². The third-order valence-electron chi connectivity index (χ3n) is 3.92. The molecule has 0 saturated heterocycles. The second kappa shape index (κ2) is 8.33. The summed E-state index contributed by atoms with van der Waals surface area (Å²) in [7, 11) is 0. The van der Waals surface area contributed by atoms with Crippen LogP contribution in [0.5, 0.6) is 0 Å². The molecule has 0 aliphatic heterocycles. The summed E-state index contributed by atoms with van der Waals surface area (Å²) in [5, 5.41) is 8.76. The number of carbonyl (C=O) groups is 2. The number of nitrogens with one attached hydrogen (secondary N) is 3. The Bertz CT molecular complexity index is 752. The van der Waals surface area contributed by atoms with Crippen LogP contribution in [0.2, 0.25) is 0 Å². The van der Waals surface area contributed by atoms with Gasteiger partial charge in [0.05, 0.1) is 6.54 Å². The first-order chi connectivity index (χ1) is 11.8. The van der Waals surface area contributed by atoms with Gasteiger partial charge in [0.1, 0.15) is 0 Å². The summed E-state index contributed by atoms with van der Waals surface area (Å²) >= 11 is 0. The molecule has 0 aromatic heterocycles. The van der Waals surface area contributed by atoms with Crippen LogP contribution in [0.4, 0.5) is 17.1 Å². The summed E-state index contributed by atoms with van der Waals surface area (Å²) in [6.07, 6.45) is 0. The fraction of sp³-hybridized carbons (Fsp3) is 0.300. The first-order valence-corrected chi connectivity index (χ1v) is 8.37. The van der Waals surface area contributed by atoms with Crippen molar-refractivity contribution in [2.75, 3.05) is 22.5 Å². The van der Waals surface area contributed by atoms with E-state index in [0.29, 0.717) is 11.4 Å². The molecule has 0 radical (unpaired) electrons. The number of rotatable bonds is 6. The van der Waals surface area contributed by atoms with E-state index in [-0.39, 0.29) is 24.3 Å². The first kappa shape index (κ1) is 18.5. The first-order valence-electron chi connectivity index (χ1n) is 8.37. The highest BCUT2D eigenvalue weighted by molar-refractivity contribution is 5.95. The molecule has 5 heteroatoms. The molecule has 0 spiro atoms. The summed E-state index contributed by atoms with van der Waals surface area (Å²) < 4.78 is 0. The van der Waals surface area contributed by atoms with Gasteiger partial charge in [-0.05, 0) is 61.4 Å². The van der Waals surface area contributed by atoms with Crippen molar-refractivity contribution in [1.29, 1.82) is 0 Å². The van der Waals surface area contributed by atoms with Gasteiger partial charge in [-0.15, -0.1) is 0 Å². The number of amides is 2. The lowest BCUT2D eigenvalue weighted by atomic mass is 10.1. The number of hydrogen-bond acceptors (Lipinski definition) is 3. The molecular weight excluding hydrogens is 314 g/mol. The van der Waals surface area contributed by atoms with Crippen molar-refractivity contribution in [2.24, 2.45) is 5.92 Å². The smallest absolute Gasteiger partial charge is 0.243 e.